The number of aliphatic hydroxyl groups excluding tert-OH is 2. The molecule has 94 valence electrons. The van der Waals surface area contributed by atoms with Crippen LogP contribution in [0.3, 0.4) is 0 Å². The summed E-state index contributed by atoms with van der Waals surface area (Å²) >= 11 is 5.75. The van der Waals surface area contributed by atoms with Gasteiger partial charge in [0.05, 0.1) is 19.1 Å². The van der Waals surface area contributed by atoms with E-state index < -0.39 is 24.4 Å². The maximum absolute atomic E-state index is 13.3. The fourth-order valence-electron chi connectivity index (χ4n) is 1.22. The van der Waals surface area contributed by atoms with Crippen molar-refractivity contribution in [3.63, 3.8) is 0 Å². The Labute approximate surface area is 103 Å². The van der Waals surface area contributed by atoms with Crippen LogP contribution in [-0.4, -0.2) is 35.4 Å². The first-order valence-corrected chi connectivity index (χ1v) is 5.41. The second-order valence-corrected chi connectivity index (χ2v) is 3.92. The zero-order chi connectivity index (χ0) is 12.8. The summed E-state index contributed by atoms with van der Waals surface area (Å²) < 4.78 is 13.3. The number of carbonyl (C=O) groups is 1. The lowest BCUT2D eigenvalue weighted by atomic mass is 10.1. The fourth-order valence-corrected chi connectivity index (χ4v) is 1.45. The smallest absolute Gasteiger partial charge is 0.224 e. The van der Waals surface area contributed by atoms with E-state index >= 15 is 0 Å². The van der Waals surface area contributed by atoms with E-state index in [0.29, 0.717) is 0 Å². The molecule has 6 heteroatoms. The van der Waals surface area contributed by atoms with Gasteiger partial charge in [-0.25, -0.2) is 4.39 Å². The predicted octanol–water partition coefficient (Wildman–Crippen LogP) is 0.491. The number of hydrogen-bond donors (Lipinski definition) is 3. The minimum Gasteiger partial charge on any atom is -0.394 e. The zero-order valence-corrected chi connectivity index (χ0v) is 9.75. The molecule has 1 amide bonds. The molecule has 0 heterocycles. The van der Waals surface area contributed by atoms with Gasteiger partial charge in [-0.2, -0.15) is 0 Å². The first-order chi connectivity index (χ1) is 8.04. The van der Waals surface area contributed by atoms with Crippen molar-refractivity contribution >= 4 is 17.5 Å². The minimum absolute atomic E-state index is 0.0819. The third-order valence-corrected chi connectivity index (χ3v) is 2.50. The van der Waals surface area contributed by atoms with Crippen LogP contribution in [0.15, 0.2) is 18.2 Å². The van der Waals surface area contributed by atoms with Crippen LogP contribution in [0, 0.1) is 5.82 Å². The molecule has 1 atom stereocenters. The first-order valence-electron chi connectivity index (χ1n) is 5.03. The summed E-state index contributed by atoms with van der Waals surface area (Å²) in [6, 6.07) is 4.17. The van der Waals surface area contributed by atoms with Gasteiger partial charge >= 0.3 is 0 Å². The van der Waals surface area contributed by atoms with Crippen LogP contribution in [0.2, 0.25) is 5.02 Å². The molecule has 0 bridgehead atoms. The summed E-state index contributed by atoms with van der Waals surface area (Å²) in [7, 11) is 0. The van der Waals surface area contributed by atoms with Crippen molar-refractivity contribution in [2.24, 2.45) is 0 Å². The van der Waals surface area contributed by atoms with Crippen molar-refractivity contribution in [2.45, 2.75) is 12.5 Å². The average molecular weight is 262 g/mol. The van der Waals surface area contributed by atoms with Gasteiger partial charge in [-0.05, 0) is 12.1 Å². The van der Waals surface area contributed by atoms with Crippen LogP contribution in [0.5, 0.6) is 0 Å². The van der Waals surface area contributed by atoms with Gasteiger partial charge in [-0.15, -0.1) is 0 Å². The SMILES string of the molecule is O=C(Cc1c(F)cccc1Cl)NCC(O)CO. The summed E-state index contributed by atoms with van der Waals surface area (Å²) in [5.41, 5.74) is 0.116. The molecule has 0 aliphatic heterocycles. The van der Waals surface area contributed by atoms with Gasteiger partial charge in [-0.1, -0.05) is 17.7 Å². The number of benzene rings is 1. The number of aliphatic hydroxyl groups is 2. The predicted molar refractivity (Wildman–Crippen MR) is 61.2 cm³/mol. The number of rotatable bonds is 5. The van der Waals surface area contributed by atoms with Crippen molar-refractivity contribution in [1.29, 1.82) is 0 Å². The zero-order valence-electron chi connectivity index (χ0n) is 8.99. The molecule has 1 aromatic carbocycles. The van der Waals surface area contributed by atoms with Gasteiger partial charge < -0.3 is 15.5 Å². The van der Waals surface area contributed by atoms with E-state index in [2.05, 4.69) is 5.32 Å². The van der Waals surface area contributed by atoms with Crippen molar-refractivity contribution < 1.29 is 19.4 Å². The van der Waals surface area contributed by atoms with Crippen LogP contribution in [0.4, 0.5) is 4.39 Å². The molecule has 0 aliphatic carbocycles. The monoisotopic (exact) mass is 261 g/mol. The Bertz CT molecular complexity index is 380. The Morgan fingerprint density at radius 2 is 2.24 bits per heavy atom. The minimum atomic E-state index is -1.02. The topological polar surface area (TPSA) is 69.6 Å². The van der Waals surface area contributed by atoms with E-state index in [0.717, 1.165) is 0 Å². The quantitative estimate of drug-likeness (QED) is 0.723. The molecule has 4 nitrogen and oxygen atoms in total. The third kappa shape index (κ3) is 4.30. The summed E-state index contributed by atoms with van der Waals surface area (Å²) in [4.78, 5) is 11.4. The highest BCUT2D eigenvalue weighted by molar-refractivity contribution is 6.31. The summed E-state index contributed by atoms with van der Waals surface area (Å²) in [6.45, 7) is -0.526. The molecule has 1 rings (SSSR count). The molecule has 0 saturated heterocycles. The highest BCUT2D eigenvalue weighted by atomic mass is 35.5. The van der Waals surface area contributed by atoms with E-state index in [4.69, 9.17) is 21.8 Å². The number of amides is 1. The lowest BCUT2D eigenvalue weighted by Gasteiger charge is -2.10. The van der Waals surface area contributed by atoms with Crippen LogP contribution >= 0.6 is 11.6 Å². The van der Waals surface area contributed by atoms with Crippen LogP contribution < -0.4 is 5.32 Å². The van der Waals surface area contributed by atoms with Crippen molar-refractivity contribution in [2.75, 3.05) is 13.2 Å². The van der Waals surface area contributed by atoms with Crippen molar-refractivity contribution in [1.82, 2.24) is 5.32 Å². The highest BCUT2D eigenvalue weighted by Gasteiger charge is 2.12. The molecule has 0 fully saturated rings. The summed E-state index contributed by atoms with van der Waals surface area (Å²) in [5, 5.41) is 20.1. The summed E-state index contributed by atoms with van der Waals surface area (Å²) in [5.74, 6) is -1.01. The molecule has 17 heavy (non-hydrogen) atoms. The Morgan fingerprint density at radius 3 is 2.82 bits per heavy atom. The second-order valence-electron chi connectivity index (χ2n) is 3.52. The standard InChI is InChI=1S/C11H13ClFNO3/c12-9-2-1-3-10(13)8(9)4-11(17)14-5-7(16)6-15/h1-3,7,15-16H,4-6H2,(H,14,17). The van der Waals surface area contributed by atoms with E-state index in [1.54, 1.807) is 0 Å². The number of nitrogens with one attached hydrogen (secondary N) is 1. The maximum Gasteiger partial charge on any atom is 0.224 e. The van der Waals surface area contributed by atoms with Gasteiger partial charge in [0.2, 0.25) is 5.91 Å². The summed E-state index contributed by atoms with van der Waals surface area (Å²) in [6.07, 6.45) is -1.22. The first kappa shape index (κ1) is 13.9. The van der Waals surface area contributed by atoms with E-state index in [1.807, 2.05) is 0 Å². The third-order valence-electron chi connectivity index (χ3n) is 2.14. The van der Waals surface area contributed by atoms with Gasteiger partial charge in [0, 0.05) is 17.1 Å². The van der Waals surface area contributed by atoms with Crippen LogP contribution in [0.25, 0.3) is 0 Å². The molecule has 0 saturated carbocycles. The van der Waals surface area contributed by atoms with Crippen LogP contribution in [0.1, 0.15) is 5.56 Å². The lowest BCUT2D eigenvalue weighted by molar-refractivity contribution is -0.121. The maximum atomic E-state index is 13.3. The average Bonchev–Trinajstić information content (AvgIpc) is 2.31. The largest absolute Gasteiger partial charge is 0.394 e. The Kier molecular flexibility index (Phi) is 5.34. The number of halogens is 2. The Morgan fingerprint density at radius 1 is 1.53 bits per heavy atom. The van der Waals surface area contributed by atoms with Gasteiger partial charge in [0.25, 0.3) is 0 Å². The molecule has 0 aliphatic rings. The fraction of sp³-hybridized carbons (Fsp3) is 0.364. The van der Waals surface area contributed by atoms with Crippen molar-refractivity contribution in [3.8, 4) is 0 Å². The lowest BCUT2D eigenvalue weighted by Crippen LogP contribution is -2.34. The highest BCUT2D eigenvalue weighted by Crippen LogP contribution is 2.19. The molecule has 0 aromatic heterocycles. The molecule has 3 N–H and O–H groups in total. The molecule has 1 aromatic rings. The van der Waals surface area contributed by atoms with Crippen molar-refractivity contribution in [3.05, 3.63) is 34.6 Å². The van der Waals surface area contributed by atoms with Gasteiger partial charge in [0.15, 0.2) is 0 Å². The van der Waals surface area contributed by atoms with Gasteiger partial charge in [-0.3, -0.25) is 4.79 Å². The van der Waals surface area contributed by atoms with E-state index in [9.17, 15) is 9.18 Å². The van der Waals surface area contributed by atoms with Gasteiger partial charge in [0.1, 0.15) is 5.82 Å². The molecule has 0 spiro atoms. The molecular weight excluding hydrogens is 249 g/mol. The Balaban J connectivity index is 2.56. The number of hydrogen-bond acceptors (Lipinski definition) is 3. The second kappa shape index (κ2) is 6.54. The van der Waals surface area contributed by atoms with E-state index in [1.165, 1.54) is 18.2 Å². The Hall–Kier alpha value is -1.17. The van der Waals surface area contributed by atoms with E-state index in [-0.39, 0.29) is 23.6 Å². The molecular formula is C11H13ClFNO3. The number of carbonyl (C=O) groups excluding carboxylic acids is 1. The van der Waals surface area contributed by atoms with Crippen LogP contribution in [-0.2, 0) is 11.2 Å². The normalized spacial score (nSPS) is 12.2. The molecule has 0 radical (unpaired) electrons. The molecule has 1 unspecified atom stereocenters.